The van der Waals surface area contributed by atoms with Crippen LogP contribution >= 0.6 is 11.6 Å². The molecule has 0 atom stereocenters. The molecular formula is C21H12ClF4N5O2. The zero-order valence-corrected chi connectivity index (χ0v) is 17.1. The second-order valence-electron chi connectivity index (χ2n) is 6.57. The van der Waals surface area contributed by atoms with Gasteiger partial charge in [-0.15, -0.1) is 5.10 Å². The Bertz CT molecular complexity index is 1270. The Morgan fingerprint density at radius 1 is 1.00 bits per heavy atom. The monoisotopic (exact) mass is 477 g/mol. The number of anilines is 1. The average Bonchev–Trinajstić information content (AvgIpc) is 3.23. The van der Waals surface area contributed by atoms with E-state index in [2.05, 4.69) is 20.6 Å². The third-order valence-corrected chi connectivity index (χ3v) is 4.51. The maximum atomic E-state index is 13.7. The summed E-state index contributed by atoms with van der Waals surface area (Å²) in [6.45, 7) is 0. The molecule has 1 amide bonds. The Balaban J connectivity index is 1.54. The van der Waals surface area contributed by atoms with E-state index in [4.69, 9.17) is 16.3 Å². The number of nitrogens with one attached hydrogen (secondary N) is 1. The van der Waals surface area contributed by atoms with Gasteiger partial charge >= 0.3 is 6.18 Å². The number of rotatable bonds is 5. The van der Waals surface area contributed by atoms with Crippen LogP contribution < -0.4 is 10.1 Å². The molecule has 0 fully saturated rings. The smallest absolute Gasteiger partial charge is 0.435 e. The van der Waals surface area contributed by atoms with Gasteiger partial charge in [-0.3, -0.25) is 4.79 Å². The van der Waals surface area contributed by atoms with Crippen molar-refractivity contribution in [2.24, 2.45) is 0 Å². The highest BCUT2D eigenvalue weighted by atomic mass is 35.5. The van der Waals surface area contributed by atoms with E-state index < -0.39 is 29.3 Å². The Kier molecular flexibility index (Phi) is 5.97. The third kappa shape index (κ3) is 5.09. The van der Waals surface area contributed by atoms with Crippen molar-refractivity contribution in [3.05, 3.63) is 89.1 Å². The molecule has 0 spiro atoms. The van der Waals surface area contributed by atoms with Crippen molar-refractivity contribution in [3.63, 3.8) is 0 Å². The minimum absolute atomic E-state index is 0.105. The van der Waals surface area contributed by atoms with E-state index in [1.165, 1.54) is 18.3 Å². The number of nitrogens with zero attached hydrogens (tertiary/aromatic N) is 4. The maximum Gasteiger partial charge on any atom is 0.435 e. The van der Waals surface area contributed by atoms with Crippen molar-refractivity contribution in [1.82, 2.24) is 20.0 Å². The van der Waals surface area contributed by atoms with E-state index >= 15 is 0 Å². The van der Waals surface area contributed by atoms with Gasteiger partial charge in [0.15, 0.2) is 11.4 Å². The van der Waals surface area contributed by atoms with Crippen molar-refractivity contribution >= 4 is 23.2 Å². The number of alkyl halides is 3. The quantitative estimate of drug-likeness (QED) is 0.383. The number of halogens is 5. The summed E-state index contributed by atoms with van der Waals surface area (Å²) in [4.78, 5) is 16.5. The Morgan fingerprint density at radius 2 is 1.70 bits per heavy atom. The highest BCUT2D eigenvalue weighted by Crippen LogP contribution is 2.33. The van der Waals surface area contributed by atoms with Gasteiger partial charge < -0.3 is 10.1 Å². The van der Waals surface area contributed by atoms with Gasteiger partial charge in [-0.05, 0) is 54.6 Å². The van der Waals surface area contributed by atoms with Crippen LogP contribution in [-0.4, -0.2) is 25.9 Å². The lowest BCUT2D eigenvalue weighted by atomic mass is 10.2. The SMILES string of the molecule is O=C(Nc1ccc(Oc2ccc(Cl)cc2)nc1)c1nnn(-c2ccc(F)cc2)c1C(F)(F)F. The van der Waals surface area contributed by atoms with Gasteiger partial charge in [-0.2, -0.15) is 13.2 Å². The number of amides is 1. The van der Waals surface area contributed by atoms with Gasteiger partial charge in [-0.25, -0.2) is 14.1 Å². The molecule has 2 aromatic carbocycles. The molecule has 2 heterocycles. The summed E-state index contributed by atoms with van der Waals surface area (Å²) < 4.78 is 60.2. The normalized spacial score (nSPS) is 11.3. The molecule has 1 N–H and O–H groups in total. The first kappa shape index (κ1) is 22.2. The van der Waals surface area contributed by atoms with Gasteiger partial charge in [0.1, 0.15) is 11.6 Å². The van der Waals surface area contributed by atoms with Gasteiger partial charge in [0.25, 0.3) is 5.91 Å². The second-order valence-corrected chi connectivity index (χ2v) is 7.00. The van der Waals surface area contributed by atoms with Crippen LogP contribution in [0.15, 0.2) is 66.9 Å². The summed E-state index contributed by atoms with van der Waals surface area (Å²) in [5, 5.41) is 9.64. The number of pyridine rings is 1. The van der Waals surface area contributed by atoms with E-state index in [1.54, 1.807) is 24.3 Å². The molecular weight excluding hydrogens is 466 g/mol. The summed E-state index contributed by atoms with van der Waals surface area (Å²) >= 11 is 5.81. The number of hydrogen-bond acceptors (Lipinski definition) is 5. The first-order valence-electron chi connectivity index (χ1n) is 9.20. The molecule has 4 aromatic rings. The maximum absolute atomic E-state index is 13.7. The first-order valence-corrected chi connectivity index (χ1v) is 9.58. The van der Waals surface area contributed by atoms with E-state index in [1.807, 2.05) is 0 Å². The number of hydrogen-bond donors (Lipinski definition) is 1. The molecule has 4 rings (SSSR count). The third-order valence-electron chi connectivity index (χ3n) is 4.26. The molecule has 0 saturated heterocycles. The van der Waals surface area contributed by atoms with Crippen LogP contribution in [0.4, 0.5) is 23.2 Å². The average molecular weight is 478 g/mol. The summed E-state index contributed by atoms with van der Waals surface area (Å²) in [5.41, 5.74) is -2.36. The molecule has 33 heavy (non-hydrogen) atoms. The zero-order valence-electron chi connectivity index (χ0n) is 16.3. The van der Waals surface area contributed by atoms with Crippen LogP contribution in [-0.2, 0) is 6.18 Å². The van der Waals surface area contributed by atoms with Crippen molar-refractivity contribution in [2.75, 3.05) is 5.32 Å². The fraction of sp³-hybridized carbons (Fsp3) is 0.0476. The Labute approximate surface area is 188 Å². The van der Waals surface area contributed by atoms with Crippen molar-refractivity contribution < 1.29 is 27.1 Å². The standard InChI is InChI=1S/C21H12ClF4N5O2/c22-12-1-8-16(9-2-12)33-17-10-5-14(11-27-17)28-20(32)18-19(21(24,25)26)31(30-29-18)15-6-3-13(23)4-7-15/h1-11H,(H,28,32). The molecule has 0 bridgehead atoms. The Hall–Kier alpha value is -3.99. The largest absolute Gasteiger partial charge is 0.439 e. The fourth-order valence-electron chi connectivity index (χ4n) is 2.78. The lowest BCUT2D eigenvalue weighted by Gasteiger charge is -2.11. The zero-order chi connectivity index (χ0) is 23.6. The number of carbonyl (C=O) groups is 1. The number of carbonyl (C=O) groups excluding carboxylic acids is 1. The molecule has 0 unspecified atom stereocenters. The van der Waals surface area contributed by atoms with Crippen LogP contribution in [0, 0.1) is 5.82 Å². The first-order chi connectivity index (χ1) is 15.7. The molecule has 0 aliphatic heterocycles. The van der Waals surface area contributed by atoms with Gasteiger partial charge in [-0.1, -0.05) is 16.8 Å². The van der Waals surface area contributed by atoms with Gasteiger partial charge in [0.2, 0.25) is 5.88 Å². The molecule has 12 heteroatoms. The predicted octanol–water partition coefficient (Wildman–Crippen LogP) is 5.52. The van der Waals surface area contributed by atoms with E-state index in [0.717, 1.165) is 24.3 Å². The van der Waals surface area contributed by atoms with Gasteiger partial charge in [0, 0.05) is 11.1 Å². The molecule has 168 valence electrons. The van der Waals surface area contributed by atoms with Crippen LogP contribution in [0.1, 0.15) is 16.2 Å². The summed E-state index contributed by atoms with van der Waals surface area (Å²) in [7, 11) is 0. The molecule has 2 aromatic heterocycles. The second kappa shape index (κ2) is 8.87. The van der Waals surface area contributed by atoms with E-state index in [0.29, 0.717) is 15.5 Å². The lowest BCUT2D eigenvalue weighted by Crippen LogP contribution is -2.21. The molecule has 0 radical (unpaired) electrons. The molecule has 0 aliphatic rings. The highest BCUT2D eigenvalue weighted by molar-refractivity contribution is 6.30. The minimum Gasteiger partial charge on any atom is -0.439 e. The van der Waals surface area contributed by atoms with E-state index in [9.17, 15) is 22.4 Å². The number of ether oxygens (including phenoxy) is 1. The topological polar surface area (TPSA) is 81.9 Å². The lowest BCUT2D eigenvalue weighted by molar-refractivity contribution is -0.143. The Morgan fingerprint density at radius 3 is 2.30 bits per heavy atom. The van der Waals surface area contributed by atoms with Crippen LogP contribution in [0.3, 0.4) is 0 Å². The summed E-state index contributed by atoms with van der Waals surface area (Å²) in [5.74, 6) is -1.13. The van der Waals surface area contributed by atoms with Gasteiger partial charge in [0.05, 0.1) is 17.6 Å². The van der Waals surface area contributed by atoms with Crippen molar-refractivity contribution in [3.8, 4) is 17.3 Å². The van der Waals surface area contributed by atoms with Crippen molar-refractivity contribution in [1.29, 1.82) is 0 Å². The summed E-state index contributed by atoms with van der Waals surface area (Å²) in [6.07, 6.45) is -3.75. The molecule has 0 aliphatic carbocycles. The molecule has 0 saturated carbocycles. The number of aromatic nitrogens is 4. The van der Waals surface area contributed by atoms with Crippen LogP contribution in [0.25, 0.3) is 5.69 Å². The van der Waals surface area contributed by atoms with Crippen molar-refractivity contribution in [2.45, 2.75) is 6.18 Å². The van der Waals surface area contributed by atoms with Crippen LogP contribution in [0.5, 0.6) is 11.6 Å². The predicted molar refractivity (Wildman–Crippen MR) is 110 cm³/mol. The summed E-state index contributed by atoms with van der Waals surface area (Å²) in [6, 6.07) is 13.4. The minimum atomic E-state index is -4.96. The van der Waals surface area contributed by atoms with Crippen LogP contribution in [0.2, 0.25) is 5.02 Å². The number of benzene rings is 2. The molecule has 7 nitrogen and oxygen atoms in total. The van der Waals surface area contributed by atoms with E-state index in [-0.39, 0.29) is 17.3 Å². The fourth-order valence-corrected chi connectivity index (χ4v) is 2.91. The highest BCUT2D eigenvalue weighted by Gasteiger charge is 2.42.